The van der Waals surface area contributed by atoms with Crippen LogP contribution in [0.5, 0.6) is 0 Å². The van der Waals surface area contributed by atoms with Gasteiger partial charge < -0.3 is 14.2 Å². The summed E-state index contributed by atoms with van der Waals surface area (Å²) in [5.41, 5.74) is 0. The second-order valence-corrected chi connectivity index (χ2v) is 17.0. The van der Waals surface area contributed by atoms with Crippen molar-refractivity contribution in [3.8, 4) is 0 Å². The Hall–Kier alpha value is -4.45. The molecule has 0 aromatic carbocycles. The lowest BCUT2D eigenvalue weighted by Crippen LogP contribution is -2.30. The minimum atomic E-state index is -0.839. The van der Waals surface area contributed by atoms with Crippen LogP contribution in [0, 0.1) is 0 Å². The van der Waals surface area contributed by atoms with Crippen LogP contribution in [0.4, 0.5) is 0 Å². The lowest BCUT2D eigenvalue weighted by atomic mass is 10.1. The third-order valence-corrected chi connectivity index (χ3v) is 10.6. The van der Waals surface area contributed by atoms with Gasteiger partial charge in [0.1, 0.15) is 13.2 Å². The number of hydrogen-bond acceptors (Lipinski definition) is 6. The average Bonchev–Trinajstić information content (AvgIpc) is 3.33. The molecular weight excluding hydrogens is 829 g/mol. The second kappa shape index (κ2) is 54.2. The summed E-state index contributed by atoms with van der Waals surface area (Å²) in [5, 5.41) is 0. The second-order valence-electron chi connectivity index (χ2n) is 17.0. The van der Waals surface area contributed by atoms with Crippen molar-refractivity contribution in [2.45, 2.75) is 219 Å². The zero-order valence-corrected chi connectivity index (χ0v) is 42.9. The van der Waals surface area contributed by atoms with Crippen molar-refractivity contribution in [2.75, 3.05) is 13.2 Å². The molecule has 0 unspecified atom stereocenters. The third kappa shape index (κ3) is 52.4. The Morgan fingerprint density at radius 3 is 1.09 bits per heavy atom. The number of ether oxygens (including phenoxy) is 3. The van der Waals surface area contributed by atoms with E-state index in [1.165, 1.54) is 64.2 Å². The minimum Gasteiger partial charge on any atom is -0.462 e. The normalized spacial score (nSPS) is 13.2. The summed E-state index contributed by atoms with van der Waals surface area (Å²) in [6.45, 7) is 6.34. The van der Waals surface area contributed by atoms with Crippen LogP contribution in [0.2, 0.25) is 0 Å². The zero-order valence-electron chi connectivity index (χ0n) is 42.9. The Morgan fingerprint density at radius 2 is 0.627 bits per heavy atom. The summed E-state index contributed by atoms with van der Waals surface area (Å²) in [5.74, 6) is -1.09. The number of unbranched alkanes of at least 4 members (excludes halogenated alkanes) is 13. The van der Waals surface area contributed by atoms with Gasteiger partial charge in [0.15, 0.2) is 6.10 Å². The van der Waals surface area contributed by atoms with Crippen LogP contribution in [-0.2, 0) is 28.6 Å². The molecule has 0 bridgehead atoms. The quantitative estimate of drug-likeness (QED) is 0.0262. The Balaban J connectivity index is 4.61. The molecule has 0 rings (SSSR count). The average molecular weight is 925 g/mol. The molecule has 0 aliphatic heterocycles. The van der Waals surface area contributed by atoms with E-state index in [-0.39, 0.29) is 50.4 Å². The molecule has 1 atom stereocenters. The highest BCUT2D eigenvalue weighted by atomic mass is 16.6. The topological polar surface area (TPSA) is 78.9 Å². The van der Waals surface area contributed by atoms with Crippen molar-refractivity contribution >= 4 is 17.9 Å². The van der Waals surface area contributed by atoms with Gasteiger partial charge in [0.25, 0.3) is 0 Å². The predicted molar refractivity (Wildman–Crippen MR) is 288 cm³/mol. The molecule has 6 heteroatoms. The van der Waals surface area contributed by atoms with Gasteiger partial charge in [-0.05, 0) is 122 Å². The van der Waals surface area contributed by atoms with Gasteiger partial charge in [-0.3, -0.25) is 14.4 Å². The lowest BCUT2D eigenvalue weighted by Gasteiger charge is -2.18. The fourth-order valence-corrected chi connectivity index (χ4v) is 6.63. The van der Waals surface area contributed by atoms with Crippen LogP contribution in [0.15, 0.2) is 134 Å². The third-order valence-electron chi connectivity index (χ3n) is 10.6. The van der Waals surface area contributed by atoms with Crippen LogP contribution in [0.1, 0.15) is 213 Å². The highest BCUT2D eigenvalue weighted by Gasteiger charge is 2.19. The number of hydrogen-bond donors (Lipinski definition) is 0. The first kappa shape index (κ1) is 62.5. The Kier molecular flexibility index (Phi) is 50.6. The molecule has 0 aromatic heterocycles. The summed E-state index contributed by atoms with van der Waals surface area (Å²) in [4.78, 5) is 38.0. The van der Waals surface area contributed by atoms with Gasteiger partial charge in [-0.15, -0.1) is 0 Å². The van der Waals surface area contributed by atoms with E-state index < -0.39 is 6.10 Å². The van der Waals surface area contributed by atoms with Gasteiger partial charge in [0.2, 0.25) is 0 Å². The first-order valence-corrected chi connectivity index (χ1v) is 26.7. The zero-order chi connectivity index (χ0) is 48.6. The van der Waals surface area contributed by atoms with Crippen molar-refractivity contribution in [3.05, 3.63) is 134 Å². The van der Waals surface area contributed by atoms with Gasteiger partial charge in [-0.1, -0.05) is 206 Å². The van der Waals surface area contributed by atoms with E-state index in [9.17, 15) is 14.4 Å². The Bertz CT molecular complexity index is 1480. The maximum Gasteiger partial charge on any atom is 0.306 e. The van der Waals surface area contributed by atoms with Crippen molar-refractivity contribution in [1.82, 2.24) is 0 Å². The number of esters is 3. The molecule has 0 amide bonds. The molecule has 0 aromatic rings. The van der Waals surface area contributed by atoms with Gasteiger partial charge in [-0.2, -0.15) is 0 Å². The molecule has 0 saturated heterocycles. The first-order valence-electron chi connectivity index (χ1n) is 26.7. The molecule has 0 fully saturated rings. The number of carbonyl (C=O) groups excluding carboxylic acids is 3. The summed E-state index contributed by atoms with van der Waals surface area (Å²) in [7, 11) is 0. The van der Waals surface area contributed by atoms with Gasteiger partial charge in [0.05, 0.1) is 0 Å². The smallest absolute Gasteiger partial charge is 0.306 e. The van der Waals surface area contributed by atoms with E-state index in [2.05, 4.69) is 142 Å². The monoisotopic (exact) mass is 925 g/mol. The van der Waals surface area contributed by atoms with Crippen molar-refractivity contribution < 1.29 is 28.6 Å². The van der Waals surface area contributed by atoms with E-state index in [1.54, 1.807) is 0 Å². The molecule has 0 radical (unpaired) electrons. The van der Waals surface area contributed by atoms with Crippen LogP contribution in [0.25, 0.3) is 0 Å². The standard InChI is InChI=1S/C61H96O6/c1-4-7-10-13-16-19-22-25-27-29-30-32-34-37-39-42-45-48-51-54-60(63)66-57-58(67-61(64)55-52-49-46-43-40-35-24-21-18-15-12-9-6-3)56-65-59(62)53-50-47-44-41-38-36-33-31-28-26-23-20-17-14-11-8-5-2/h7,10,16-17,19-21,24-28,30,32-33,36-37,39,41,44-45,48,58H,4-6,8-9,11-15,18,22-23,29,31,34-35,38,40,42-43,46-47,49-57H2,1-3H3/b10-7-,19-16-,20-17-,24-21-,27-25-,28-26-,32-30-,36-33-,39-37-,44-41-,48-45-/t58-/m0/s1. The van der Waals surface area contributed by atoms with Gasteiger partial charge >= 0.3 is 17.9 Å². The van der Waals surface area contributed by atoms with Crippen LogP contribution >= 0.6 is 0 Å². The Morgan fingerprint density at radius 1 is 0.313 bits per heavy atom. The summed E-state index contributed by atoms with van der Waals surface area (Å²) in [6, 6.07) is 0. The Labute approximate surface area is 411 Å². The summed E-state index contributed by atoms with van der Waals surface area (Å²) >= 11 is 0. The van der Waals surface area contributed by atoms with Crippen LogP contribution in [-0.4, -0.2) is 37.2 Å². The highest BCUT2D eigenvalue weighted by molar-refractivity contribution is 5.71. The maximum absolute atomic E-state index is 12.8. The largest absolute Gasteiger partial charge is 0.462 e. The molecule has 376 valence electrons. The van der Waals surface area contributed by atoms with Crippen molar-refractivity contribution in [2.24, 2.45) is 0 Å². The molecular formula is C61H96O6. The molecule has 67 heavy (non-hydrogen) atoms. The van der Waals surface area contributed by atoms with Crippen LogP contribution in [0.3, 0.4) is 0 Å². The van der Waals surface area contributed by atoms with E-state index in [1.807, 2.05) is 12.2 Å². The van der Waals surface area contributed by atoms with Gasteiger partial charge in [0, 0.05) is 19.3 Å². The number of rotatable bonds is 46. The summed E-state index contributed by atoms with van der Waals surface area (Å²) < 4.78 is 16.7. The van der Waals surface area contributed by atoms with E-state index in [4.69, 9.17) is 14.2 Å². The molecule has 0 aliphatic carbocycles. The molecule has 0 spiro atoms. The lowest BCUT2D eigenvalue weighted by molar-refractivity contribution is -0.166. The van der Waals surface area contributed by atoms with E-state index >= 15 is 0 Å². The molecule has 0 aliphatic rings. The molecule has 6 nitrogen and oxygen atoms in total. The fourth-order valence-electron chi connectivity index (χ4n) is 6.63. The first-order chi connectivity index (χ1) is 33.0. The minimum absolute atomic E-state index is 0.137. The van der Waals surface area contributed by atoms with E-state index in [0.717, 1.165) is 96.3 Å². The van der Waals surface area contributed by atoms with Crippen molar-refractivity contribution in [3.63, 3.8) is 0 Å². The molecule has 0 N–H and O–H groups in total. The van der Waals surface area contributed by atoms with Gasteiger partial charge in [-0.25, -0.2) is 0 Å². The SMILES string of the molecule is CC/C=C\C/C=C\C/C=C\C/C=C\C/C=C\C/C=C\CCC(=O)OC[C@H](COC(=O)CCC/C=C\C/C=C\C/C=C\C/C=C\CCCCC)OC(=O)CCCCCCC/C=C\CCCCCC. The number of carbonyl (C=O) groups is 3. The predicted octanol–water partition coefficient (Wildman–Crippen LogP) is 17.9. The summed E-state index contributed by atoms with van der Waals surface area (Å²) in [6.07, 6.45) is 75.9. The van der Waals surface area contributed by atoms with Crippen LogP contribution < -0.4 is 0 Å². The van der Waals surface area contributed by atoms with Crippen molar-refractivity contribution in [1.29, 1.82) is 0 Å². The highest BCUT2D eigenvalue weighted by Crippen LogP contribution is 2.12. The fraction of sp³-hybridized carbons (Fsp3) is 0.590. The van der Waals surface area contributed by atoms with E-state index in [0.29, 0.717) is 12.8 Å². The molecule has 0 heterocycles. The molecule has 0 saturated carbocycles. The maximum atomic E-state index is 12.8. The number of allylic oxidation sites excluding steroid dienone is 22.